The van der Waals surface area contributed by atoms with Crippen molar-refractivity contribution in [1.29, 1.82) is 0 Å². The van der Waals surface area contributed by atoms with Gasteiger partial charge in [-0.05, 0) is 25.7 Å². The highest BCUT2D eigenvalue weighted by Crippen LogP contribution is 2.31. The van der Waals surface area contributed by atoms with Crippen molar-refractivity contribution in [2.75, 3.05) is 30.9 Å². The summed E-state index contributed by atoms with van der Waals surface area (Å²) in [6.07, 6.45) is 6.20. The highest BCUT2D eigenvalue weighted by Gasteiger charge is 2.26. The third kappa shape index (κ3) is 3.59. The van der Waals surface area contributed by atoms with Gasteiger partial charge in [-0.2, -0.15) is 4.98 Å². The standard InChI is InChI=1S/C14H23N5O2/c1-10-12(19(20)21)13(17-14(15-2)16-10)18(3)9-11-7-5-4-6-8-11/h11H,4-9H2,1-3H3,(H,15,16,17). The summed E-state index contributed by atoms with van der Waals surface area (Å²) >= 11 is 0. The van der Waals surface area contributed by atoms with Gasteiger partial charge in [0.15, 0.2) is 0 Å². The lowest BCUT2D eigenvalue weighted by Gasteiger charge is -2.27. The van der Waals surface area contributed by atoms with Crippen LogP contribution in [0, 0.1) is 23.0 Å². The van der Waals surface area contributed by atoms with E-state index in [2.05, 4.69) is 15.3 Å². The topological polar surface area (TPSA) is 84.2 Å². The SMILES string of the molecule is CNc1nc(C)c([N+](=O)[O-])c(N(C)CC2CCCCC2)n1. The van der Waals surface area contributed by atoms with Crippen molar-refractivity contribution in [3.63, 3.8) is 0 Å². The summed E-state index contributed by atoms with van der Waals surface area (Å²) in [7, 11) is 3.59. The van der Waals surface area contributed by atoms with E-state index >= 15 is 0 Å². The lowest BCUT2D eigenvalue weighted by atomic mass is 9.89. The predicted octanol–water partition coefficient (Wildman–Crippen LogP) is 2.75. The van der Waals surface area contributed by atoms with Gasteiger partial charge in [-0.3, -0.25) is 10.1 Å². The van der Waals surface area contributed by atoms with Crippen LogP contribution in [-0.4, -0.2) is 35.5 Å². The monoisotopic (exact) mass is 293 g/mol. The van der Waals surface area contributed by atoms with Gasteiger partial charge in [0.1, 0.15) is 5.69 Å². The van der Waals surface area contributed by atoms with E-state index < -0.39 is 0 Å². The average Bonchev–Trinajstić information content (AvgIpc) is 2.46. The largest absolute Gasteiger partial charge is 0.357 e. The van der Waals surface area contributed by atoms with Gasteiger partial charge in [0, 0.05) is 20.6 Å². The zero-order valence-corrected chi connectivity index (χ0v) is 12.9. The molecule has 1 fully saturated rings. The molecule has 0 radical (unpaired) electrons. The van der Waals surface area contributed by atoms with Crippen molar-refractivity contribution in [2.24, 2.45) is 5.92 Å². The Kier molecular flexibility index (Phi) is 4.93. The lowest BCUT2D eigenvalue weighted by Crippen LogP contribution is -2.28. The quantitative estimate of drug-likeness (QED) is 0.663. The first kappa shape index (κ1) is 15.5. The number of nitrogens with zero attached hydrogens (tertiary/aromatic N) is 4. The molecule has 7 nitrogen and oxygen atoms in total. The Bertz CT molecular complexity index is 514. The molecule has 2 rings (SSSR count). The van der Waals surface area contributed by atoms with Crippen LogP contribution in [0.15, 0.2) is 0 Å². The Morgan fingerprint density at radius 3 is 2.57 bits per heavy atom. The molecule has 0 unspecified atom stereocenters. The molecule has 1 N–H and O–H groups in total. The van der Waals surface area contributed by atoms with Crippen LogP contribution in [0.25, 0.3) is 0 Å². The summed E-state index contributed by atoms with van der Waals surface area (Å²) in [5.41, 5.74) is 0.400. The Morgan fingerprint density at radius 1 is 1.33 bits per heavy atom. The summed E-state index contributed by atoms with van der Waals surface area (Å²) in [6.45, 7) is 2.46. The molecule has 21 heavy (non-hydrogen) atoms. The molecule has 1 aliphatic rings. The molecule has 0 aromatic carbocycles. The molecule has 1 aromatic rings. The molecule has 0 spiro atoms. The molecule has 7 heteroatoms. The summed E-state index contributed by atoms with van der Waals surface area (Å²) in [6, 6.07) is 0. The second-order valence-corrected chi connectivity index (χ2v) is 5.70. The van der Waals surface area contributed by atoms with E-state index in [4.69, 9.17) is 0 Å². The Balaban J connectivity index is 2.26. The van der Waals surface area contributed by atoms with Crippen LogP contribution in [0.2, 0.25) is 0 Å². The first-order valence-electron chi connectivity index (χ1n) is 7.44. The van der Waals surface area contributed by atoms with Gasteiger partial charge in [0.2, 0.25) is 11.8 Å². The molecule has 0 amide bonds. The minimum Gasteiger partial charge on any atom is -0.357 e. The number of hydrogen-bond acceptors (Lipinski definition) is 6. The van der Waals surface area contributed by atoms with Crippen molar-refractivity contribution >= 4 is 17.5 Å². The molecule has 0 saturated heterocycles. The number of nitrogens with one attached hydrogen (secondary N) is 1. The molecule has 0 atom stereocenters. The first-order valence-corrected chi connectivity index (χ1v) is 7.44. The maximum Gasteiger partial charge on any atom is 0.332 e. The van der Waals surface area contributed by atoms with Gasteiger partial charge in [-0.25, -0.2) is 4.98 Å². The molecule has 1 saturated carbocycles. The van der Waals surface area contributed by atoms with Crippen molar-refractivity contribution in [2.45, 2.75) is 39.0 Å². The fourth-order valence-electron chi connectivity index (χ4n) is 2.99. The number of aryl methyl sites for hydroxylation is 1. The summed E-state index contributed by atoms with van der Waals surface area (Å²) in [5.74, 6) is 1.42. The fraction of sp³-hybridized carbons (Fsp3) is 0.714. The van der Waals surface area contributed by atoms with E-state index in [1.165, 1.54) is 32.1 Å². The highest BCUT2D eigenvalue weighted by atomic mass is 16.6. The maximum absolute atomic E-state index is 11.3. The van der Waals surface area contributed by atoms with Gasteiger partial charge < -0.3 is 10.2 Å². The Labute approximate surface area is 124 Å². The Morgan fingerprint density at radius 2 is 2.00 bits per heavy atom. The summed E-state index contributed by atoms with van der Waals surface area (Å²) < 4.78 is 0. The van der Waals surface area contributed by atoms with E-state index in [1.54, 1.807) is 14.0 Å². The smallest absolute Gasteiger partial charge is 0.332 e. The third-order valence-electron chi connectivity index (χ3n) is 4.06. The normalized spacial score (nSPS) is 15.8. The first-order chi connectivity index (χ1) is 10.0. The van der Waals surface area contributed by atoms with Gasteiger partial charge in [-0.1, -0.05) is 19.3 Å². The number of aromatic nitrogens is 2. The van der Waals surface area contributed by atoms with Crippen molar-refractivity contribution < 1.29 is 4.92 Å². The average molecular weight is 293 g/mol. The van der Waals surface area contributed by atoms with Gasteiger partial charge in [0.05, 0.1) is 4.92 Å². The van der Waals surface area contributed by atoms with Crippen molar-refractivity contribution in [1.82, 2.24) is 9.97 Å². The maximum atomic E-state index is 11.3. The minimum absolute atomic E-state index is 0.00677. The van der Waals surface area contributed by atoms with E-state index in [0.29, 0.717) is 23.4 Å². The molecule has 1 aromatic heterocycles. The molecule has 0 bridgehead atoms. The van der Waals surface area contributed by atoms with E-state index in [-0.39, 0.29) is 10.6 Å². The van der Waals surface area contributed by atoms with E-state index in [1.807, 2.05) is 11.9 Å². The molecule has 1 aliphatic carbocycles. The van der Waals surface area contributed by atoms with Crippen molar-refractivity contribution in [3.05, 3.63) is 15.8 Å². The molecular weight excluding hydrogens is 270 g/mol. The van der Waals surface area contributed by atoms with Crippen molar-refractivity contribution in [3.8, 4) is 0 Å². The zero-order chi connectivity index (χ0) is 15.4. The minimum atomic E-state index is -0.387. The Hall–Kier alpha value is -1.92. The van der Waals surface area contributed by atoms with E-state index in [9.17, 15) is 10.1 Å². The van der Waals surface area contributed by atoms with Crippen LogP contribution in [0.1, 0.15) is 37.8 Å². The number of anilines is 2. The van der Waals surface area contributed by atoms with Crippen LogP contribution in [0.5, 0.6) is 0 Å². The molecule has 116 valence electrons. The van der Waals surface area contributed by atoms with Gasteiger partial charge >= 0.3 is 5.69 Å². The van der Waals surface area contributed by atoms with Crippen LogP contribution >= 0.6 is 0 Å². The summed E-state index contributed by atoms with van der Waals surface area (Å²) in [5, 5.41) is 14.2. The zero-order valence-electron chi connectivity index (χ0n) is 12.9. The predicted molar refractivity (Wildman–Crippen MR) is 82.8 cm³/mol. The third-order valence-corrected chi connectivity index (χ3v) is 4.06. The number of nitro groups is 1. The number of hydrogen-bond donors (Lipinski definition) is 1. The lowest BCUT2D eigenvalue weighted by molar-refractivity contribution is -0.385. The summed E-state index contributed by atoms with van der Waals surface area (Å²) in [4.78, 5) is 21.2. The highest BCUT2D eigenvalue weighted by molar-refractivity contribution is 5.62. The van der Waals surface area contributed by atoms with Crippen LogP contribution in [0.4, 0.5) is 17.5 Å². The molecule has 1 heterocycles. The van der Waals surface area contributed by atoms with Crippen LogP contribution in [-0.2, 0) is 0 Å². The van der Waals surface area contributed by atoms with Gasteiger partial charge in [0.25, 0.3) is 0 Å². The van der Waals surface area contributed by atoms with Crippen LogP contribution in [0.3, 0.4) is 0 Å². The second kappa shape index (κ2) is 6.69. The fourth-order valence-corrected chi connectivity index (χ4v) is 2.99. The molecular formula is C14H23N5O2. The number of rotatable bonds is 5. The van der Waals surface area contributed by atoms with Crippen LogP contribution < -0.4 is 10.2 Å². The van der Waals surface area contributed by atoms with E-state index in [0.717, 1.165) is 6.54 Å². The van der Waals surface area contributed by atoms with Gasteiger partial charge in [-0.15, -0.1) is 0 Å². The second-order valence-electron chi connectivity index (χ2n) is 5.70. The molecule has 0 aliphatic heterocycles.